The molecule has 1 heterocycles. The van der Waals surface area contributed by atoms with Crippen molar-refractivity contribution < 1.29 is 14.3 Å². The topological polar surface area (TPSA) is 58.6 Å². The summed E-state index contributed by atoms with van der Waals surface area (Å²) in [6.45, 7) is 4.28. The number of ketones is 1. The van der Waals surface area contributed by atoms with Gasteiger partial charge in [-0.3, -0.25) is 10.1 Å². The maximum atomic E-state index is 12.6. The number of hydrogen-bond acceptors (Lipinski definition) is 4. The summed E-state index contributed by atoms with van der Waals surface area (Å²) in [4.78, 5) is 27.0. The van der Waals surface area contributed by atoms with Gasteiger partial charge < -0.3 is 9.64 Å². The van der Waals surface area contributed by atoms with Crippen LogP contribution in [0.4, 0.5) is 10.5 Å². The van der Waals surface area contributed by atoms with Crippen LogP contribution >= 0.6 is 31.9 Å². The average Bonchev–Trinajstić information content (AvgIpc) is 2.67. The summed E-state index contributed by atoms with van der Waals surface area (Å²) < 4.78 is 7.31. The Labute approximate surface area is 180 Å². The fraction of sp³-hybridized carbons (Fsp3) is 0.143. The minimum absolute atomic E-state index is 0.271. The molecule has 3 rings (SSSR count). The number of ether oxygens (including phenoxy) is 1. The molecule has 0 radical (unpaired) electrons. The van der Waals surface area contributed by atoms with Gasteiger partial charge in [0.2, 0.25) is 0 Å². The molecule has 0 saturated carbocycles. The first kappa shape index (κ1) is 20.4. The molecule has 0 bridgehead atoms. The summed E-state index contributed by atoms with van der Waals surface area (Å²) in [6, 6.07) is 14.2. The molecular formula is C21H18Br2N2O3. The van der Waals surface area contributed by atoms with Crippen LogP contribution in [0.1, 0.15) is 11.6 Å². The lowest BCUT2D eigenvalue weighted by atomic mass is 9.94. The van der Waals surface area contributed by atoms with Gasteiger partial charge in [-0.15, -0.1) is 6.58 Å². The normalized spacial score (nSPS) is 18.6. The molecule has 2 aromatic carbocycles. The van der Waals surface area contributed by atoms with Crippen molar-refractivity contribution >= 4 is 49.4 Å². The van der Waals surface area contributed by atoms with Crippen LogP contribution in [-0.4, -0.2) is 29.4 Å². The number of halogens is 2. The van der Waals surface area contributed by atoms with E-state index >= 15 is 0 Å². The van der Waals surface area contributed by atoms with Crippen molar-refractivity contribution in [3.05, 3.63) is 88.0 Å². The Bertz CT molecular complexity index is 912. The minimum Gasteiger partial charge on any atom is -0.435 e. The summed E-state index contributed by atoms with van der Waals surface area (Å²) in [6.07, 6.45) is 3.20. The molecule has 0 saturated heterocycles. The van der Waals surface area contributed by atoms with Crippen LogP contribution in [-0.2, 0) is 9.53 Å². The molecule has 0 fully saturated rings. The molecule has 1 N–H and O–H groups in total. The molecular weight excluding hydrogens is 488 g/mol. The van der Waals surface area contributed by atoms with Gasteiger partial charge in [-0.2, -0.15) is 0 Å². The van der Waals surface area contributed by atoms with Crippen molar-refractivity contribution in [1.29, 1.82) is 0 Å². The minimum atomic E-state index is -0.987. The number of hydrogen-bond donors (Lipinski definition) is 1. The Morgan fingerprint density at radius 2 is 1.89 bits per heavy atom. The summed E-state index contributed by atoms with van der Waals surface area (Å²) in [5.41, 5.74) is 1.43. The van der Waals surface area contributed by atoms with Crippen LogP contribution in [0.25, 0.3) is 0 Å². The Balaban J connectivity index is 1.87. The van der Waals surface area contributed by atoms with E-state index < -0.39 is 18.2 Å². The monoisotopic (exact) mass is 504 g/mol. The van der Waals surface area contributed by atoms with Gasteiger partial charge >= 0.3 is 6.09 Å². The smallest absolute Gasteiger partial charge is 0.412 e. The summed E-state index contributed by atoms with van der Waals surface area (Å²) in [7, 11) is 0. The predicted octanol–water partition coefficient (Wildman–Crippen LogP) is 5.45. The molecule has 0 aliphatic carbocycles. The van der Waals surface area contributed by atoms with Crippen molar-refractivity contribution in [1.82, 2.24) is 4.90 Å². The van der Waals surface area contributed by atoms with E-state index in [9.17, 15) is 9.59 Å². The van der Waals surface area contributed by atoms with E-state index in [1.165, 1.54) is 6.08 Å². The first-order chi connectivity index (χ1) is 13.5. The Morgan fingerprint density at radius 1 is 1.18 bits per heavy atom. The van der Waals surface area contributed by atoms with E-state index in [1.807, 2.05) is 29.2 Å². The molecule has 0 aromatic heterocycles. The van der Waals surface area contributed by atoms with Crippen LogP contribution in [0.3, 0.4) is 0 Å². The summed E-state index contributed by atoms with van der Waals surface area (Å²) in [5.74, 6) is -0.271. The molecule has 0 unspecified atom stereocenters. The highest BCUT2D eigenvalue weighted by Gasteiger charge is 2.38. The lowest BCUT2D eigenvalue weighted by Gasteiger charge is -2.37. The van der Waals surface area contributed by atoms with Gasteiger partial charge in [-0.1, -0.05) is 56.1 Å². The zero-order chi connectivity index (χ0) is 20.1. The van der Waals surface area contributed by atoms with E-state index in [0.29, 0.717) is 12.2 Å². The highest BCUT2D eigenvalue weighted by molar-refractivity contribution is 9.10. The van der Waals surface area contributed by atoms with Gasteiger partial charge in [0.15, 0.2) is 11.9 Å². The largest absolute Gasteiger partial charge is 0.435 e. The van der Waals surface area contributed by atoms with Gasteiger partial charge in [0.25, 0.3) is 0 Å². The first-order valence-electron chi connectivity index (χ1n) is 8.56. The molecule has 1 amide bonds. The number of anilines is 1. The molecule has 2 atom stereocenters. The molecule has 1 aliphatic heterocycles. The Morgan fingerprint density at radius 3 is 2.57 bits per heavy atom. The number of nitrogens with zero attached hydrogens (tertiary/aromatic N) is 1. The predicted molar refractivity (Wildman–Crippen MR) is 116 cm³/mol. The molecule has 1 aliphatic rings. The van der Waals surface area contributed by atoms with E-state index in [2.05, 4.69) is 43.8 Å². The lowest BCUT2D eigenvalue weighted by Crippen LogP contribution is -2.44. The Hall–Kier alpha value is -2.38. The third-order valence-electron chi connectivity index (χ3n) is 4.24. The lowest BCUT2D eigenvalue weighted by molar-refractivity contribution is -0.126. The zero-order valence-corrected chi connectivity index (χ0v) is 18.0. The van der Waals surface area contributed by atoms with Gasteiger partial charge in [-0.25, -0.2) is 4.79 Å². The van der Waals surface area contributed by atoms with E-state index in [4.69, 9.17) is 4.74 Å². The number of nitrogens with one attached hydrogen (secondary N) is 1. The number of benzene rings is 2. The second-order valence-electron chi connectivity index (χ2n) is 6.13. The fourth-order valence-corrected chi connectivity index (χ4v) is 3.77. The van der Waals surface area contributed by atoms with Gasteiger partial charge in [-0.05, 0) is 35.9 Å². The van der Waals surface area contributed by atoms with Crippen molar-refractivity contribution in [2.45, 2.75) is 12.1 Å². The summed E-state index contributed by atoms with van der Waals surface area (Å²) in [5, 5.41) is 2.66. The van der Waals surface area contributed by atoms with Crippen molar-refractivity contribution in [3.8, 4) is 0 Å². The number of rotatable bonds is 5. The van der Waals surface area contributed by atoms with Gasteiger partial charge in [0.1, 0.15) is 0 Å². The highest BCUT2D eigenvalue weighted by Crippen LogP contribution is 2.35. The van der Waals surface area contributed by atoms with Crippen molar-refractivity contribution in [3.63, 3.8) is 0 Å². The van der Waals surface area contributed by atoms with E-state index in [-0.39, 0.29) is 5.78 Å². The van der Waals surface area contributed by atoms with E-state index in [1.54, 1.807) is 36.5 Å². The van der Waals surface area contributed by atoms with Crippen LogP contribution in [0.15, 0.2) is 82.4 Å². The second-order valence-corrected chi connectivity index (χ2v) is 7.90. The molecule has 2 aromatic rings. The van der Waals surface area contributed by atoms with E-state index in [0.717, 1.165) is 14.5 Å². The molecule has 7 heteroatoms. The van der Waals surface area contributed by atoms with Crippen molar-refractivity contribution in [2.24, 2.45) is 0 Å². The van der Waals surface area contributed by atoms with Crippen molar-refractivity contribution in [2.75, 3.05) is 11.9 Å². The standard InChI is InChI=1S/C21H18Br2N2O3/c1-2-12-25-13-11-18(26)20(19(25)16-5-3-4-6-17(16)23)28-21(27)24-15-9-7-14(22)8-10-15/h2-11,13,19-20H,1,12H2,(H,24,27)/t19-,20-/m1/s1. The second kappa shape index (κ2) is 9.21. The zero-order valence-electron chi connectivity index (χ0n) is 14.8. The molecule has 0 spiro atoms. The number of carbonyl (C=O) groups excluding carboxylic acids is 2. The maximum Gasteiger partial charge on any atom is 0.412 e. The highest BCUT2D eigenvalue weighted by atomic mass is 79.9. The molecule has 144 valence electrons. The van der Waals surface area contributed by atoms with Crippen LogP contribution < -0.4 is 5.32 Å². The van der Waals surface area contributed by atoms with Crippen LogP contribution in [0.5, 0.6) is 0 Å². The Kier molecular flexibility index (Phi) is 6.70. The van der Waals surface area contributed by atoms with Crippen LogP contribution in [0.2, 0.25) is 0 Å². The average molecular weight is 506 g/mol. The van der Waals surface area contributed by atoms with Gasteiger partial charge in [0, 0.05) is 33.5 Å². The number of carbonyl (C=O) groups is 2. The molecule has 5 nitrogen and oxygen atoms in total. The van der Waals surface area contributed by atoms with Crippen LogP contribution in [0, 0.1) is 0 Å². The summed E-state index contributed by atoms with van der Waals surface area (Å²) >= 11 is 6.88. The number of amides is 1. The third kappa shape index (κ3) is 4.72. The SMILES string of the molecule is C=CCN1C=CC(=O)[C@@H](OC(=O)Nc2ccc(Br)cc2)[C@H]1c1ccccc1Br. The first-order valence-corrected chi connectivity index (χ1v) is 10.1. The maximum absolute atomic E-state index is 12.6. The third-order valence-corrected chi connectivity index (χ3v) is 5.49. The quantitative estimate of drug-likeness (QED) is 0.548. The molecule has 28 heavy (non-hydrogen) atoms. The van der Waals surface area contributed by atoms with Gasteiger partial charge in [0.05, 0.1) is 6.04 Å². The fourth-order valence-electron chi connectivity index (χ4n) is 2.98.